The average molecular weight is 323 g/mol. The van der Waals surface area contributed by atoms with Crippen LogP contribution in [0.25, 0.3) is 0 Å². The Bertz CT molecular complexity index is 503. The fraction of sp³-hybridized carbons (Fsp3) is 0.688. The number of hydrogen-bond acceptors (Lipinski definition) is 4. The zero-order valence-electron chi connectivity index (χ0n) is 13.0. The number of hydrogen-bond donors (Lipinski definition) is 3. The molecule has 2 saturated heterocycles. The first-order valence-electron chi connectivity index (χ1n) is 8.10. The number of nitrogens with zero attached hydrogens (tertiary/aromatic N) is 1. The maximum absolute atomic E-state index is 12.1. The quantitative estimate of drug-likeness (QED) is 0.793. The van der Waals surface area contributed by atoms with Crippen molar-refractivity contribution in [1.29, 1.82) is 0 Å². The molecule has 2 aliphatic rings. The van der Waals surface area contributed by atoms with E-state index >= 15 is 0 Å². The summed E-state index contributed by atoms with van der Waals surface area (Å²) in [5, 5.41) is 20.2. The number of carbonyl (C=O) groups is 1. The summed E-state index contributed by atoms with van der Waals surface area (Å²) in [4.78, 5) is 14.6. The first kappa shape index (κ1) is 15.8. The van der Waals surface area contributed by atoms with Gasteiger partial charge in [0.25, 0.3) is 0 Å². The highest BCUT2D eigenvalue weighted by molar-refractivity contribution is 7.08. The second-order valence-electron chi connectivity index (χ2n) is 6.61. The summed E-state index contributed by atoms with van der Waals surface area (Å²) in [6.07, 6.45) is 4.74. The molecule has 2 fully saturated rings. The first-order chi connectivity index (χ1) is 10.6. The summed E-state index contributed by atoms with van der Waals surface area (Å²) in [7, 11) is 0. The molecule has 6 heteroatoms. The van der Waals surface area contributed by atoms with Crippen molar-refractivity contribution in [2.75, 3.05) is 19.6 Å². The van der Waals surface area contributed by atoms with Gasteiger partial charge in [-0.05, 0) is 55.1 Å². The molecule has 0 bridgehead atoms. The van der Waals surface area contributed by atoms with Crippen molar-refractivity contribution in [3.05, 3.63) is 22.4 Å². The maximum atomic E-state index is 12.1. The Hall–Kier alpha value is -1.11. The largest absolute Gasteiger partial charge is 0.384 e. The van der Waals surface area contributed by atoms with Gasteiger partial charge < -0.3 is 15.7 Å². The van der Waals surface area contributed by atoms with Crippen molar-refractivity contribution in [1.82, 2.24) is 15.5 Å². The Morgan fingerprint density at radius 1 is 1.45 bits per heavy atom. The van der Waals surface area contributed by atoms with Crippen LogP contribution in [0.1, 0.15) is 38.2 Å². The first-order valence-corrected chi connectivity index (χ1v) is 9.04. The molecule has 0 saturated carbocycles. The molecular weight excluding hydrogens is 298 g/mol. The lowest BCUT2D eigenvalue weighted by Gasteiger charge is -2.32. The molecule has 3 N–H and O–H groups in total. The van der Waals surface area contributed by atoms with E-state index in [4.69, 9.17) is 0 Å². The predicted molar refractivity (Wildman–Crippen MR) is 88.0 cm³/mol. The zero-order chi connectivity index (χ0) is 15.6. The molecule has 2 amide bonds. The second kappa shape index (κ2) is 6.56. The van der Waals surface area contributed by atoms with E-state index in [2.05, 4.69) is 15.5 Å². The highest BCUT2D eigenvalue weighted by atomic mass is 32.1. The maximum Gasteiger partial charge on any atom is 0.315 e. The third-order valence-corrected chi connectivity index (χ3v) is 5.59. The van der Waals surface area contributed by atoms with Crippen molar-refractivity contribution in [2.24, 2.45) is 0 Å². The van der Waals surface area contributed by atoms with E-state index in [1.165, 1.54) is 19.3 Å². The summed E-state index contributed by atoms with van der Waals surface area (Å²) in [5.74, 6) is 0. The summed E-state index contributed by atoms with van der Waals surface area (Å²) >= 11 is 1.55. The Morgan fingerprint density at radius 3 is 3.09 bits per heavy atom. The van der Waals surface area contributed by atoms with Crippen molar-refractivity contribution in [2.45, 2.75) is 50.3 Å². The molecule has 3 atom stereocenters. The number of carbonyl (C=O) groups excluding carboxylic acids is 1. The lowest BCUT2D eigenvalue weighted by atomic mass is 9.99. The van der Waals surface area contributed by atoms with Crippen LogP contribution in [0.3, 0.4) is 0 Å². The third kappa shape index (κ3) is 3.45. The van der Waals surface area contributed by atoms with E-state index < -0.39 is 5.60 Å². The van der Waals surface area contributed by atoms with E-state index in [9.17, 15) is 9.90 Å². The van der Waals surface area contributed by atoms with E-state index in [0.717, 1.165) is 25.1 Å². The van der Waals surface area contributed by atoms with Crippen LogP contribution in [-0.2, 0) is 5.60 Å². The second-order valence-corrected chi connectivity index (χ2v) is 7.39. The molecule has 122 valence electrons. The molecular formula is C16H25N3O2S. The van der Waals surface area contributed by atoms with Crippen LogP contribution in [0.2, 0.25) is 0 Å². The standard InChI is InChI=1S/C16H25N3O2S/c1-16(21,12-6-9-22-10-12)11-17-15(20)18-13-5-8-19-7-3-2-4-14(13)19/h6,9-10,13-14,21H,2-5,7-8,11H2,1H3,(H2,17,18,20). The van der Waals surface area contributed by atoms with E-state index in [1.807, 2.05) is 16.8 Å². The summed E-state index contributed by atoms with van der Waals surface area (Å²) in [5.41, 5.74) is -0.179. The average Bonchev–Trinajstić information content (AvgIpc) is 3.16. The third-order valence-electron chi connectivity index (χ3n) is 4.91. The fourth-order valence-electron chi connectivity index (χ4n) is 3.56. The van der Waals surface area contributed by atoms with Crippen molar-refractivity contribution < 1.29 is 9.90 Å². The van der Waals surface area contributed by atoms with Crippen LogP contribution in [0.5, 0.6) is 0 Å². The molecule has 0 aromatic carbocycles. The van der Waals surface area contributed by atoms with Crippen LogP contribution < -0.4 is 10.6 Å². The molecule has 3 heterocycles. The summed E-state index contributed by atoms with van der Waals surface area (Å²) in [6, 6.07) is 2.46. The van der Waals surface area contributed by atoms with E-state index in [-0.39, 0.29) is 18.6 Å². The Labute approximate surface area is 135 Å². The number of nitrogens with one attached hydrogen (secondary N) is 2. The van der Waals surface area contributed by atoms with Crippen LogP contribution in [0.4, 0.5) is 4.79 Å². The molecule has 5 nitrogen and oxygen atoms in total. The fourth-order valence-corrected chi connectivity index (χ4v) is 4.34. The van der Waals surface area contributed by atoms with Crippen molar-refractivity contribution in [3.8, 4) is 0 Å². The van der Waals surface area contributed by atoms with Gasteiger partial charge in [0.05, 0.1) is 6.54 Å². The van der Waals surface area contributed by atoms with Gasteiger partial charge in [-0.15, -0.1) is 0 Å². The van der Waals surface area contributed by atoms with Crippen LogP contribution in [-0.4, -0.2) is 47.8 Å². The Morgan fingerprint density at radius 2 is 2.32 bits per heavy atom. The van der Waals surface area contributed by atoms with E-state index in [1.54, 1.807) is 18.3 Å². The minimum atomic E-state index is -1.02. The number of urea groups is 1. The van der Waals surface area contributed by atoms with Crippen LogP contribution in [0.15, 0.2) is 16.8 Å². The van der Waals surface area contributed by atoms with Gasteiger partial charge in [0.2, 0.25) is 0 Å². The molecule has 3 rings (SSSR count). The number of thiophene rings is 1. The Balaban J connectivity index is 1.48. The smallest absolute Gasteiger partial charge is 0.315 e. The monoisotopic (exact) mass is 323 g/mol. The van der Waals surface area contributed by atoms with Gasteiger partial charge in [0.1, 0.15) is 5.60 Å². The number of rotatable bonds is 4. The lowest BCUT2D eigenvalue weighted by Crippen LogP contribution is -2.51. The topological polar surface area (TPSA) is 64.6 Å². The molecule has 0 radical (unpaired) electrons. The van der Waals surface area contributed by atoms with Gasteiger partial charge in [0.15, 0.2) is 0 Å². The van der Waals surface area contributed by atoms with Crippen molar-refractivity contribution >= 4 is 17.4 Å². The van der Waals surface area contributed by atoms with Gasteiger partial charge in [-0.2, -0.15) is 11.3 Å². The van der Waals surface area contributed by atoms with Gasteiger partial charge >= 0.3 is 6.03 Å². The highest BCUT2D eigenvalue weighted by Gasteiger charge is 2.36. The van der Waals surface area contributed by atoms with Gasteiger partial charge in [0, 0.05) is 18.6 Å². The number of aliphatic hydroxyl groups is 1. The molecule has 3 unspecified atom stereocenters. The molecule has 1 aromatic rings. The molecule has 2 aliphatic heterocycles. The normalized spacial score (nSPS) is 27.9. The van der Waals surface area contributed by atoms with E-state index in [0.29, 0.717) is 6.04 Å². The van der Waals surface area contributed by atoms with Gasteiger partial charge in [-0.1, -0.05) is 6.42 Å². The minimum absolute atomic E-state index is 0.173. The predicted octanol–water partition coefficient (Wildman–Crippen LogP) is 1.88. The van der Waals surface area contributed by atoms with Crippen molar-refractivity contribution in [3.63, 3.8) is 0 Å². The number of piperidine rings is 1. The van der Waals surface area contributed by atoms with Crippen LogP contribution >= 0.6 is 11.3 Å². The highest BCUT2D eigenvalue weighted by Crippen LogP contribution is 2.27. The van der Waals surface area contributed by atoms with Gasteiger partial charge in [-0.3, -0.25) is 4.90 Å². The molecule has 0 spiro atoms. The molecule has 0 aliphatic carbocycles. The lowest BCUT2D eigenvalue weighted by molar-refractivity contribution is 0.0596. The van der Waals surface area contributed by atoms with Crippen LogP contribution in [0, 0.1) is 0 Å². The van der Waals surface area contributed by atoms with Gasteiger partial charge in [-0.25, -0.2) is 4.79 Å². The number of amides is 2. The minimum Gasteiger partial charge on any atom is -0.384 e. The Kier molecular flexibility index (Phi) is 4.70. The molecule has 1 aromatic heterocycles. The number of fused-ring (bicyclic) bond motifs is 1. The summed E-state index contributed by atoms with van der Waals surface area (Å²) in [6.45, 7) is 4.20. The molecule has 22 heavy (non-hydrogen) atoms. The SMILES string of the molecule is CC(O)(CNC(=O)NC1CCN2CCCCC12)c1ccsc1. The summed E-state index contributed by atoms with van der Waals surface area (Å²) < 4.78 is 0. The zero-order valence-corrected chi connectivity index (χ0v) is 13.9.